The van der Waals surface area contributed by atoms with Crippen LogP contribution in [0.3, 0.4) is 0 Å². The van der Waals surface area contributed by atoms with Crippen molar-refractivity contribution in [3.05, 3.63) is 29.0 Å². The average Bonchev–Trinajstić information content (AvgIpc) is 2.43. The minimum Gasteiger partial charge on any atom is -0.355 e. The summed E-state index contributed by atoms with van der Waals surface area (Å²) in [6.07, 6.45) is 4.55. The number of aliphatic imine (C=N–C) groups is 1. The van der Waals surface area contributed by atoms with Crippen molar-refractivity contribution in [3.8, 4) is 6.19 Å². The zero-order valence-electron chi connectivity index (χ0n) is 12.0. The van der Waals surface area contributed by atoms with Gasteiger partial charge in [0.05, 0.1) is 0 Å². The third-order valence-electron chi connectivity index (χ3n) is 2.33. The van der Waals surface area contributed by atoms with Crippen molar-refractivity contribution in [3.63, 3.8) is 0 Å². The van der Waals surface area contributed by atoms with E-state index in [4.69, 9.17) is 16.9 Å². The highest BCUT2D eigenvalue weighted by molar-refractivity contribution is 6.29. The van der Waals surface area contributed by atoms with Gasteiger partial charge in [0.15, 0.2) is 0 Å². The molecule has 1 aromatic rings. The summed E-state index contributed by atoms with van der Waals surface area (Å²) in [7, 11) is 0. The summed E-state index contributed by atoms with van der Waals surface area (Å²) in [6, 6.07) is 3.69. The van der Waals surface area contributed by atoms with E-state index >= 15 is 0 Å². The van der Waals surface area contributed by atoms with E-state index in [1.54, 1.807) is 12.3 Å². The van der Waals surface area contributed by atoms with E-state index in [-0.39, 0.29) is 0 Å². The maximum Gasteiger partial charge on any atom is 0.207 e. The summed E-state index contributed by atoms with van der Waals surface area (Å²) in [5.74, 6) is 0.726. The van der Waals surface area contributed by atoms with Gasteiger partial charge in [0, 0.05) is 19.3 Å². The lowest BCUT2D eigenvalue weighted by Gasteiger charge is -2.22. The van der Waals surface area contributed by atoms with E-state index in [1.807, 2.05) is 37.9 Å². The van der Waals surface area contributed by atoms with Crippen LogP contribution in [-0.2, 0) is 6.54 Å². The van der Waals surface area contributed by atoms with Crippen LogP contribution in [0.1, 0.15) is 39.7 Å². The fourth-order valence-electron chi connectivity index (χ4n) is 1.49. The Bertz CT molecular complexity index is 420. The second-order valence-corrected chi connectivity index (χ2v) is 4.06. The van der Waals surface area contributed by atoms with Crippen molar-refractivity contribution in [1.82, 2.24) is 9.88 Å². The maximum absolute atomic E-state index is 8.56. The molecule has 0 bridgehead atoms. The van der Waals surface area contributed by atoms with Crippen LogP contribution in [0.4, 0.5) is 0 Å². The Hall–Kier alpha value is -1.60. The van der Waals surface area contributed by atoms with Gasteiger partial charge in [-0.15, -0.1) is 0 Å². The molecule has 0 fully saturated rings. The first-order valence-electron chi connectivity index (χ1n) is 6.46. The Balaban J connectivity index is 0.00000154. The number of amidine groups is 1. The van der Waals surface area contributed by atoms with Gasteiger partial charge in [-0.05, 0) is 25.0 Å². The zero-order valence-corrected chi connectivity index (χ0v) is 12.8. The lowest BCUT2D eigenvalue weighted by atomic mass is 10.2. The molecular weight excluding hydrogens is 260 g/mol. The highest BCUT2D eigenvalue weighted by Gasteiger charge is 2.07. The standard InChI is InChI=1S/C12H15ClN4.C2H6/c1-3-6-17(10(2)16-9-14)8-11-4-5-12(13)15-7-11;1-2/h4-5,7H,3,6,8H2,1-2H3;1-2H3. The molecule has 0 aliphatic carbocycles. The van der Waals surface area contributed by atoms with E-state index in [9.17, 15) is 0 Å². The first kappa shape index (κ1) is 17.4. The summed E-state index contributed by atoms with van der Waals surface area (Å²) in [4.78, 5) is 9.84. The van der Waals surface area contributed by atoms with Crippen LogP contribution >= 0.6 is 11.6 Å². The molecule has 0 radical (unpaired) electrons. The number of nitriles is 1. The Labute approximate surface area is 120 Å². The SMILES string of the molecule is CC.CCCN(Cc1ccc(Cl)nc1)C(C)=NC#N. The molecule has 1 rings (SSSR count). The maximum atomic E-state index is 8.56. The van der Waals surface area contributed by atoms with Crippen LogP contribution in [0.15, 0.2) is 23.3 Å². The Morgan fingerprint density at radius 2 is 2.16 bits per heavy atom. The fraction of sp³-hybridized carbons (Fsp3) is 0.500. The van der Waals surface area contributed by atoms with E-state index < -0.39 is 0 Å². The second-order valence-electron chi connectivity index (χ2n) is 3.67. The van der Waals surface area contributed by atoms with E-state index in [2.05, 4.69) is 16.9 Å². The van der Waals surface area contributed by atoms with Crippen LogP contribution in [0, 0.1) is 11.5 Å². The molecule has 1 heterocycles. The number of hydrogen-bond donors (Lipinski definition) is 0. The van der Waals surface area contributed by atoms with Crippen molar-refractivity contribution in [1.29, 1.82) is 5.26 Å². The van der Waals surface area contributed by atoms with Gasteiger partial charge < -0.3 is 4.90 Å². The summed E-state index contributed by atoms with van der Waals surface area (Å²) >= 11 is 5.73. The van der Waals surface area contributed by atoms with Gasteiger partial charge in [0.25, 0.3) is 0 Å². The first-order valence-corrected chi connectivity index (χ1v) is 6.84. The molecular formula is C14H21ClN4. The predicted molar refractivity (Wildman–Crippen MR) is 80.0 cm³/mol. The molecule has 19 heavy (non-hydrogen) atoms. The molecule has 0 aliphatic heterocycles. The van der Waals surface area contributed by atoms with Crippen molar-refractivity contribution in [2.75, 3.05) is 6.54 Å². The predicted octanol–water partition coefficient (Wildman–Crippen LogP) is 3.87. The molecule has 0 saturated heterocycles. The third kappa shape index (κ3) is 6.78. The quantitative estimate of drug-likeness (QED) is 0.364. The minimum atomic E-state index is 0.484. The van der Waals surface area contributed by atoms with Crippen molar-refractivity contribution < 1.29 is 0 Å². The van der Waals surface area contributed by atoms with Gasteiger partial charge in [-0.25, -0.2) is 4.98 Å². The normalized spacial score (nSPS) is 10.2. The first-order chi connectivity index (χ1) is 9.17. The molecule has 0 spiro atoms. The van der Waals surface area contributed by atoms with Crippen LogP contribution in [0.5, 0.6) is 0 Å². The number of rotatable bonds is 4. The number of halogens is 1. The monoisotopic (exact) mass is 280 g/mol. The summed E-state index contributed by atoms with van der Waals surface area (Å²) in [6.45, 7) is 9.48. The summed E-state index contributed by atoms with van der Waals surface area (Å²) in [5.41, 5.74) is 1.05. The van der Waals surface area contributed by atoms with Gasteiger partial charge in [-0.1, -0.05) is 38.4 Å². The molecule has 0 atom stereocenters. The lowest BCUT2D eigenvalue weighted by Crippen LogP contribution is -2.29. The smallest absolute Gasteiger partial charge is 0.207 e. The van der Waals surface area contributed by atoms with Crippen molar-refractivity contribution in [2.24, 2.45) is 4.99 Å². The molecule has 104 valence electrons. The van der Waals surface area contributed by atoms with Gasteiger partial charge >= 0.3 is 0 Å². The summed E-state index contributed by atoms with van der Waals surface area (Å²) < 4.78 is 0. The van der Waals surface area contributed by atoms with E-state index in [0.717, 1.165) is 24.4 Å². The zero-order chi connectivity index (χ0) is 14.7. The molecule has 0 unspecified atom stereocenters. The van der Waals surface area contributed by atoms with Gasteiger partial charge in [0.1, 0.15) is 11.0 Å². The Kier molecular flexibility index (Phi) is 9.46. The average molecular weight is 281 g/mol. The van der Waals surface area contributed by atoms with E-state index in [1.165, 1.54) is 0 Å². The van der Waals surface area contributed by atoms with Gasteiger partial charge in [-0.3, -0.25) is 0 Å². The van der Waals surface area contributed by atoms with Gasteiger partial charge in [0.2, 0.25) is 6.19 Å². The van der Waals surface area contributed by atoms with Crippen LogP contribution in [0.25, 0.3) is 0 Å². The molecule has 1 aromatic heterocycles. The van der Waals surface area contributed by atoms with Crippen molar-refractivity contribution >= 4 is 17.4 Å². The van der Waals surface area contributed by atoms with Crippen LogP contribution in [0.2, 0.25) is 5.15 Å². The van der Waals surface area contributed by atoms with Crippen LogP contribution in [-0.4, -0.2) is 22.3 Å². The number of hydrogen-bond acceptors (Lipinski definition) is 3. The molecule has 4 nitrogen and oxygen atoms in total. The number of pyridine rings is 1. The topological polar surface area (TPSA) is 52.3 Å². The molecule has 0 amide bonds. The highest BCUT2D eigenvalue weighted by Crippen LogP contribution is 2.09. The molecule has 0 aromatic carbocycles. The van der Waals surface area contributed by atoms with E-state index in [0.29, 0.717) is 11.7 Å². The molecule has 0 aliphatic rings. The summed E-state index contributed by atoms with van der Waals surface area (Å²) in [5, 5.41) is 9.05. The number of aromatic nitrogens is 1. The number of nitrogens with zero attached hydrogens (tertiary/aromatic N) is 4. The molecule has 0 saturated carbocycles. The van der Waals surface area contributed by atoms with Gasteiger partial charge in [-0.2, -0.15) is 10.3 Å². The highest BCUT2D eigenvalue weighted by atomic mass is 35.5. The fourth-order valence-corrected chi connectivity index (χ4v) is 1.60. The molecule has 5 heteroatoms. The lowest BCUT2D eigenvalue weighted by molar-refractivity contribution is 0.409. The van der Waals surface area contributed by atoms with Crippen LogP contribution < -0.4 is 0 Å². The third-order valence-corrected chi connectivity index (χ3v) is 2.55. The van der Waals surface area contributed by atoms with Crippen molar-refractivity contribution in [2.45, 2.75) is 40.7 Å². The Morgan fingerprint density at radius 3 is 2.63 bits per heavy atom. The Morgan fingerprint density at radius 1 is 1.47 bits per heavy atom. The minimum absolute atomic E-state index is 0.484. The molecule has 0 N–H and O–H groups in total. The second kappa shape index (κ2) is 10.3. The largest absolute Gasteiger partial charge is 0.355 e.